The second-order valence-electron chi connectivity index (χ2n) is 11.1. The number of piperazine rings is 1. The van der Waals surface area contributed by atoms with Gasteiger partial charge in [-0.05, 0) is 42.7 Å². The Hall–Kier alpha value is -3.44. The van der Waals surface area contributed by atoms with Gasteiger partial charge in [-0.2, -0.15) is 4.31 Å². The second-order valence-corrected chi connectivity index (χ2v) is 13.1. The lowest BCUT2D eigenvalue weighted by molar-refractivity contribution is -0.143. The molecule has 10 nitrogen and oxygen atoms in total. The van der Waals surface area contributed by atoms with Crippen LogP contribution in [0.5, 0.6) is 0 Å². The first-order chi connectivity index (χ1) is 19.2. The van der Waals surface area contributed by atoms with Gasteiger partial charge in [0.1, 0.15) is 6.04 Å². The number of carbonyl (C=O) groups excluding carboxylic acids is 2. The zero-order chi connectivity index (χ0) is 28.3. The first-order valence-electron chi connectivity index (χ1n) is 14.0. The molecule has 3 aliphatic heterocycles. The number of fused-ring (bicyclic) bond motifs is 1. The number of hydrogen-bond donors (Lipinski definition) is 3. The maximum atomic E-state index is 13.7. The number of piperidine rings is 1. The summed E-state index contributed by atoms with van der Waals surface area (Å²) in [5, 5.41) is 10.6. The van der Waals surface area contributed by atoms with E-state index >= 15 is 0 Å². The summed E-state index contributed by atoms with van der Waals surface area (Å²) in [6, 6.07) is 18.3. The van der Waals surface area contributed by atoms with Gasteiger partial charge in [-0.15, -0.1) is 0 Å². The Balaban J connectivity index is 1.21. The molecule has 0 aromatic heterocycles. The second kappa shape index (κ2) is 12.0. The number of nitrogens with zero attached hydrogens (tertiary/aromatic N) is 3. The van der Waals surface area contributed by atoms with E-state index in [2.05, 4.69) is 5.32 Å². The van der Waals surface area contributed by atoms with Gasteiger partial charge in [0.2, 0.25) is 21.8 Å². The summed E-state index contributed by atoms with van der Waals surface area (Å²) < 4.78 is 28.7. The van der Waals surface area contributed by atoms with Gasteiger partial charge < -0.3 is 20.9 Å². The van der Waals surface area contributed by atoms with Crippen molar-refractivity contribution in [2.75, 3.05) is 38.5 Å². The Bertz CT molecular complexity index is 1280. The largest absolute Gasteiger partial charge is 0.370 e. The maximum Gasteiger partial charge on any atom is 0.242 e. The van der Waals surface area contributed by atoms with E-state index in [-0.39, 0.29) is 48.6 Å². The molecule has 214 valence electrons. The van der Waals surface area contributed by atoms with Crippen molar-refractivity contribution in [1.29, 1.82) is 5.41 Å². The number of benzene rings is 2. The third-order valence-electron chi connectivity index (χ3n) is 8.51. The van der Waals surface area contributed by atoms with Gasteiger partial charge in [0.05, 0.1) is 12.3 Å². The summed E-state index contributed by atoms with van der Waals surface area (Å²) in [6.07, 6.45) is 2.80. The van der Waals surface area contributed by atoms with Crippen LogP contribution in [0.15, 0.2) is 60.7 Å². The van der Waals surface area contributed by atoms with Crippen LogP contribution in [-0.2, 0) is 19.6 Å². The van der Waals surface area contributed by atoms with Gasteiger partial charge in [0, 0.05) is 38.1 Å². The first kappa shape index (κ1) is 28.1. The molecule has 2 atom stereocenters. The van der Waals surface area contributed by atoms with Crippen molar-refractivity contribution in [3.63, 3.8) is 0 Å². The molecule has 2 aromatic carbocycles. The summed E-state index contributed by atoms with van der Waals surface area (Å²) in [7, 11) is -3.77. The lowest BCUT2D eigenvalue weighted by Crippen LogP contribution is -2.60. The molecule has 0 unspecified atom stereocenters. The van der Waals surface area contributed by atoms with Crippen LogP contribution in [-0.4, -0.2) is 90.9 Å². The molecule has 4 N–H and O–H groups in total. The molecule has 11 heteroatoms. The molecule has 0 spiro atoms. The van der Waals surface area contributed by atoms with Crippen molar-refractivity contribution in [2.24, 2.45) is 11.7 Å². The van der Waals surface area contributed by atoms with E-state index in [4.69, 9.17) is 11.1 Å². The fourth-order valence-corrected chi connectivity index (χ4v) is 7.98. The molecule has 40 heavy (non-hydrogen) atoms. The van der Waals surface area contributed by atoms with Crippen molar-refractivity contribution >= 4 is 27.8 Å². The van der Waals surface area contributed by atoms with Crippen LogP contribution in [0.4, 0.5) is 0 Å². The predicted octanol–water partition coefficient (Wildman–Crippen LogP) is 1.55. The molecule has 3 aliphatic rings. The van der Waals surface area contributed by atoms with E-state index in [9.17, 15) is 18.0 Å². The normalized spacial score (nSPS) is 22.4. The van der Waals surface area contributed by atoms with Crippen LogP contribution in [0.1, 0.15) is 42.7 Å². The van der Waals surface area contributed by atoms with E-state index < -0.39 is 16.1 Å². The average molecular weight is 567 g/mol. The summed E-state index contributed by atoms with van der Waals surface area (Å²) in [4.78, 5) is 29.8. The number of hydrogen-bond acceptors (Lipinski definition) is 5. The first-order valence-corrected chi connectivity index (χ1v) is 15.6. The number of carbonyl (C=O) groups is 2. The number of sulfonamides is 1. The van der Waals surface area contributed by atoms with Gasteiger partial charge in [-0.25, -0.2) is 8.42 Å². The number of rotatable bonds is 8. The highest BCUT2D eigenvalue weighted by atomic mass is 32.2. The zero-order valence-electron chi connectivity index (χ0n) is 22.6. The smallest absolute Gasteiger partial charge is 0.242 e. The monoisotopic (exact) mass is 566 g/mol. The molecule has 3 heterocycles. The average Bonchev–Trinajstić information content (AvgIpc) is 3.41. The van der Waals surface area contributed by atoms with E-state index in [0.29, 0.717) is 38.4 Å². The minimum Gasteiger partial charge on any atom is -0.370 e. The lowest BCUT2D eigenvalue weighted by Gasteiger charge is -2.39. The molecule has 0 aliphatic carbocycles. The van der Waals surface area contributed by atoms with Crippen LogP contribution in [0.25, 0.3) is 0 Å². The fourth-order valence-electron chi connectivity index (χ4n) is 6.25. The standard InChI is InChI=1S/C29H38N6O4S/c30-29(31)33-15-13-21(14-16-33)17-32-28(37)26-12-11-24-18-34(19-27(36)35(24)26)40(38,39)20-25(22-7-3-1-4-8-22)23-9-5-2-6-10-23/h1-10,21,24-26H,11-20H2,(H3,30,31)(H,32,37)/t24-,26-/m0/s1. The Labute approximate surface area is 236 Å². The molecule has 3 fully saturated rings. The van der Waals surface area contributed by atoms with Gasteiger partial charge >= 0.3 is 0 Å². The molecule has 0 radical (unpaired) electrons. The minimum absolute atomic E-state index is 0.0785. The van der Waals surface area contributed by atoms with Crippen LogP contribution >= 0.6 is 0 Å². The maximum absolute atomic E-state index is 13.7. The van der Waals surface area contributed by atoms with E-state index in [0.717, 1.165) is 24.0 Å². The van der Waals surface area contributed by atoms with Crippen LogP contribution in [0.2, 0.25) is 0 Å². The molecule has 0 bridgehead atoms. The quantitative estimate of drug-likeness (QED) is 0.327. The number of nitrogens with one attached hydrogen (secondary N) is 2. The summed E-state index contributed by atoms with van der Waals surface area (Å²) in [6.45, 7) is 1.88. The summed E-state index contributed by atoms with van der Waals surface area (Å²) in [5.41, 5.74) is 7.39. The van der Waals surface area contributed by atoms with Crippen molar-refractivity contribution in [2.45, 2.75) is 43.7 Å². The van der Waals surface area contributed by atoms with E-state index in [1.54, 1.807) is 4.90 Å². The highest BCUT2D eigenvalue weighted by Crippen LogP contribution is 2.32. The SMILES string of the molecule is N=C(N)N1CCC(CNC(=O)[C@@H]2CC[C@H]3CN(S(=O)(=O)CC(c4ccccc4)c4ccccc4)CC(=O)N32)CC1. The van der Waals surface area contributed by atoms with Crippen molar-refractivity contribution in [3.8, 4) is 0 Å². The third kappa shape index (κ3) is 6.15. The Morgan fingerprint density at radius 2 is 1.57 bits per heavy atom. The van der Waals surface area contributed by atoms with Gasteiger partial charge in [-0.1, -0.05) is 60.7 Å². The Morgan fingerprint density at radius 1 is 0.975 bits per heavy atom. The molecule has 5 rings (SSSR count). The van der Waals surface area contributed by atoms with Crippen molar-refractivity contribution in [1.82, 2.24) is 19.4 Å². The Kier molecular flexibility index (Phi) is 8.41. The van der Waals surface area contributed by atoms with Crippen molar-refractivity contribution in [3.05, 3.63) is 71.8 Å². The predicted molar refractivity (Wildman–Crippen MR) is 153 cm³/mol. The van der Waals surface area contributed by atoms with Crippen LogP contribution in [0.3, 0.4) is 0 Å². The fraction of sp³-hybridized carbons (Fsp3) is 0.483. The summed E-state index contributed by atoms with van der Waals surface area (Å²) >= 11 is 0. The highest BCUT2D eigenvalue weighted by molar-refractivity contribution is 7.89. The van der Waals surface area contributed by atoms with E-state index in [1.807, 2.05) is 65.6 Å². The van der Waals surface area contributed by atoms with Crippen LogP contribution in [0, 0.1) is 11.3 Å². The minimum atomic E-state index is -3.77. The molecule has 3 saturated heterocycles. The molecule has 2 aromatic rings. The number of amides is 2. The van der Waals surface area contributed by atoms with Gasteiger partial charge in [0.25, 0.3) is 0 Å². The highest BCUT2D eigenvalue weighted by Gasteiger charge is 2.47. The number of nitrogens with two attached hydrogens (primary N) is 1. The molecular weight excluding hydrogens is 528 g/mol. The molecule has 2 amide bonds. The van der Waals surface area contributed by atoms with E-state index in [1.165, 1.54) is 4.31 Å². The lowest BCUT2D eigenvalue weighted by atomic mass is 9.93. The number of likely N-dealkylation sites (tertiary alicyclic amines) is 1. The molecule has 0 saturated carbocycles. The summed E-state index contributed by atoms with van der Waals surface area (Å²) in [5.74, 6) is -0.595. The van der Waals surface area contributed by atoms with Gasteiger partial charge in [0.15, 0.2) is 5.96 Å². The van der Waals surface area contributed by atoms with Crippen molar-refractivity contribution < 1.29 is 18.0 Å². The van der Waals surface area contributed by atoms with Crippen LogP contribution < -0.4 is 11.1 Å². The Morgan fingerprint density at radius 3 is 2.15 bits per heavy atom. The third-order valence-corrected chi connectivity index (χ3v) is 10.3. The number of guanidine groups is 1. The molecular formula is C29H38N6O4S. The topological polar surface area (TPSA) is 140 Å². The van der Waals surface area contributed by atoms with Gasteiger partial charge in [-0.3, -0.25) is 15.0 Å². The zero-order valence-corrected chi connectivity index (χ0v) is 23.4.